The number of nitrogens with one attached hydrogen (secondary N) is 1. The minimum Gasteiger partial charge on any atom is -0.463 e. The summed E-state index contributed by atoms with van der Waals surface area (Å²) in [4.78, 5) is 33.3. The molecule has 0 aromatic carbocycles. The van der Waals surface area contributed by atoms with Crippen molar-refractivity contribution < 1.29 is 9.21 Å². The second-order valence-electron chi connectivity index (χ2n) is 5.35. The molecule has 0 spiro atoms. The SMILES string of the molecule is Cn1nc(Br)c2c(=O)n(CC(=O)Nc3nc(-c4ccco4)cs3)cnc21. The second-order valence-corrected chi connectivity index (χ2v) is 6.96. The third-order valence-electron chi connectivity index (χ3n) is 3.61. The van der Waals surface area contributed by atoms with Crippen LogP contribution >= 0.6 is 27.3 Å². The molecule has 0 bridgehead atoms. The zero-order chi connectivity index (χ0) is 18.3. The van der Waals surface area contributed by atoms with Crippen LogP contribution in [0.15, 0.2) is 43.9 Å². The number of halogens is 1. The van der Waals surface area contributed by atoms with Gasteiger partial charge in [-0.05, 0) is 28.1 Å². The first-order chi connectivity index (χ1) is 12.5. The first-order valence-electron chi connectivity index (χ1n) is 7.40. The van der Waals surface area contributed by atoms with Crippen molar-refractivity contribution in [2.45, 2.75) is 6.54 Å². The van der Waals surface area contributed by atoms with Crippen LogP contribution in [-0.4, -0.2) is 30.2 Å². The van der Waals surface area contributed by atoms with Crippen LogP contribution in [0.2, 0.25) is 0 Å². The minimum atomic E-state index is -0.381. The number of hydrogen-bond donors (Lipinski definition) is 1. The van der Waals surface area contributed by atoms with Crippen molar-refractivity contribution >= 4 is 49.3 Å². The van der Waals surface area contributed by atoms with E-state index >= 15 is 0 Å². The van der Waals surface area contributed by atoms with Gasteiger partial charge in [0.1, 0.15) is 28.6 Å². The third kappa shape index (κ3) is 2.95. The van der Waals surface area contributed by atoms with Gasteiger partial charge in [-0.2, -0.15) is 5.10 Å². The van der Waals surface area contributed by atoms with Crippen LogP contribution < -0.4 is 10.9 Å². The Morgan fingerprint density at radius 3 is 3.08 bits per heavy atom. The predicted molar refractivity (Wildman–Crippen MR) is 98.9 cm³/mol. The molecule has 11 heteroatoms. The summed E-state index contributed by atoms with van der Waals surface area (Å²) in [5.41, 5.74) is 0.733. The van der Waals surface area contributed by atoms with Crippen molar-refractivity contribution in [3.05, 3.63) is 45.1 Å². The molecule has 0 unspecified atom stereocenters. The average Bonchev–Trinajstić information content (AvgIpc) is 3.31. The van der Waals surface area contributed by atoms with Crippen molar-refractivity contribution in [2.24, 2.45) is 7.05 Å². The summed E-state index contributed by atoms with van der Waals surface area (Å²) < 4.78 is 8.39. The van der Waals surface area contributed by atoms with Gasteiger partial charge >= 0.3 is 0 Å². The lowest BCUT2D eigenvalue weighted by Gasteiger charge is -2.05. The Balaban J connectivity index is 1.54. The minimum absolute atomic E-state index is 0.182. The molecule has 4 rings (SSSR count). The van der Waals surface area contributed by atoms with Gasteiger partial charge < -0.3 is 9.73 Å². The highest BCUT2D eigenvalue weighted by Crippen LogP contribution is 2.25. The predicted octanol–water partition coefficient (Wildman–Crippen LogP) is 2.25. The molecule has 4 aromatic rings. The van der Waals surface area contributed by atoms with E-state index in [0.717, 1.165) is 0 Å². The molecule has 1 amide bonds. The molecule has 4 heterocycles. The fraction of sp³-hybridized carbons (Fsp3) is 0.133. The lowest BCUT2D eigenvalue weighted by atomic mass is 10.4. The summed E-state index contributed by atoms with van der Waals surface area (Å²) in [6, 6.07) is 3.55. The van der Waals surface area contributed by atoms with Crippen molar-refractivity contribution in [1.82, 2.24) is 24.3 Å². The van der Waals surface area contributed by atoms with Crippen LogP contribution in [-0.2, 0) is 18.4 Å². The van der Waals surface area contributed by atoms with Gasteiger partial charge in [0.15, 0.2) is 16.5 Å². The maximum absolute atomic E-state index is 12.5. The molecular formula is C15H11BrN6O3S. The average molecular weight is 435 g/mol. The third-order valence-corrected chi connectivity index (χ3v) is 4.92. The van der Waals surface area contributed by atoms with Gasteiger partial charge in [-0.3, -0.25) is 14.2 Å². The van der Waals surface area contributed by atoms with E-state index in [1.54, 1.807) is 30.8 Å². The van der Waals surface area contributed by atoms with Crippen molar-refractivity contribution in [2.75, 3.05) is 5.32 Å². The van der Waals surface area contributed by atoms with Crippen LogP contribution in [0.3, 0.4) is 0 Å². The van der Waals surface area contributed by atoms with E-state index in [9.17, 15) is 9.59 Å². The first-order valence-corrected chi connectivity index (χ1v) is 9.07. The van der Waals surface area contributed by atoms with Crippen LogP contribution in [0.4, 0.5) is 5.13 Å². The molecule has 9 nitrogen and oxygen atoms in total. The molecule has 0 saturated carbocycles. The van der Waals surface area contributed by atoms with Gasteiger partial charge in [-0.15, -0.1) is 11.3 Å². The Labute approximate surface area is 158 Å². The van der Waals surface area contributed by atoms with Crippen LogP contribution in [0.1, 0.15) is 0 Å². The van der Waals surface area contributed by atoms with Crippen LogP contribution in [0.25, 0.3) is 22.5 Å². The molecular weight excluding hydrogens is 424 g/mol. The Morgan fingerprint density at radius 2 is 2.31 bits per heavy atom. The molecule has 0 atom stereocenters. The zero-order valence-corrected chi connectivity index (χ0v) is 15.7. The van der Waals surface area contributed by atoms with Crippen LogP contribution in [0, 0.1) is 0 Å². The van der Waals surface area contributed by atoms with E-state index < -0.39 is 0 Å². The summed E-state index contributed by atoms with van der Waals surface area (Å²) in [6.45, 7) is -0.182. The van der Waals surface area contributed by atoms with E-state index in [-0.39, 0.29) is 18.0 Å². The lowest BCUT2D eigenvalue weighted by Crippen LogP contribution is -2.28. The highest BCUT2D eigenvalue weighted by Gasteiger charge is 2.16. The van der Waals surface area contributed by atoms with E-state index in [2.05, 4.69) is 36.3 Å². The number of aryl methyl sites for hydroxylation is 1. The number of nitrogens with zero attached hydrogens (tertiary/aromatic N) is 5. The second kappa shape index (κ2) is 6.50. The molecule has 1 N–H and O–H groups in total. The van der Waals surface area contributed by atoms with Crippen LogP contribution in [0.5, 0.6) is 0 Å². The Bertz CT molecular complexity index is 1160. The number of amides is 1. The Morgan fingerprint density at radius 1 is 1.46 bits per heavy atom. The van der Waals surface area contributed by atoms with Gasteiger partial charge in [-0.1, -0.05) is 0 Å². The number of anilines is 1. The Hall–Kier alpha value is -2.79. The smallest absolute Gasteiger partial charge is 0.266 e. The van der Waals surface area contributed by atoms with Gasteiger partial charge in [-0.25, -0.2) is 14.6 Å². The normalized spacial score (nSPS) is 11.2. The van der Waals surface area contributed by atoms with Gasteiger partial charge in [0.2, 0.25) is 5.91 Å². The molecule has 0 saturated heterocycles. The number of hydrogen-bond acceptors (Lipinski definition) is 7. The number of furan rings is 1. The molecule has 132 valence electrons. The Kier molecular flexibility index (Phi) is 4.17. The molecule has 4 aromatic heterocycles. The molecule has 0 aliphatic rings. The number of thiazole rings is 1. The number of fused-ring (bicyclic) bond motifs is 1. The fourth-order valence-corrected chi connectivity index (χ4v) is 3.73. The summed E-state index contributed by atoms with van der Waals surface area (Å²) in [6.07, 6.45) is 2.88. The maximum atomic E-state index is 12.5. The van der Waals surface area contributed by atoms with E-state index in [1.807, 2.05) is 0 Å². The summed E-state index contributed by atoms with van der Waals surface area (Å²) in [5, 5.41) is 9.31. The van der Waals surface area contributed by atoms with E-state index in [1.165, 1.54) is 26.9 Å². The van der Waals surface area contributed by atoms with Crippen molar-refractivity contribution in [3.8, 4) is 11.5 Å². The molecule has 0 fully saturated rings. The summed E-state index contributed by atoms with van der Waals surface area (Å²) in [7, 11) is 1.69. The van der Waals surface area contributed by atoms with E-state index in [0.29, 0.717) is 32.2 Å². The molecule has 0 aliphatic heterocycles. The van der Waals surface area contributed by atoms with Crippen molar-refractivity contribution in [3.63, 3.8) is 0 Å². The van der Waals surface area contributed by atoms with Crippen molar-refractivity contribution in [1.29, 1.82) is 0 Å². The summed E-state index contributed by atoms with van der Waals surface area (Å²) in [5.74, 6) is 0.239. The monoisotopic (exact) mass is 434 g/mol. The molecule has 0 aliphatic carbocycles. The summed E-state index contributed by atoms with van der Waals surface area (Å²) >= 11 is 4.51. The largest absolute Gasteiger partial charge is 0.463 e. The number of rotatable bonds is 4. The molecule has 0 radical (unpaired) electrons. The van der Waals surface area contributed by atoms with Gasteiger partial charge in [0, 0.05) is 12.4 Å². The maximum Gasteiger partial charge on any atom is 0.266 e. The first kappa shape index (κ1) is 16.7. The number of aromatic nitrogens is 5. The van der Waals surface area contributed by atoms with E-state index in [4.69, 9.17) is 4.42 Å². The quantitative estimate of drug-likeness (QED) is 0.527. The van der Waals surface area contributed by atoms with Gasteiger partial charge in [0.05, 0.1) is 6.26 Å². The van der Waals surface area contributed by atoms with Gasteiger partial charge in [0.25, 0.3) is 5.56 Å². The number of carbonyl (C=O) groups excluding carboxylic acids is 1. The number of carbonyl (C=O) groups is 1. The highest BCUT2D eigenvalue weighted by molar-refractivity contribution is 9.10. The molecule has 26 heavy (non-hydrogen) atoms. The highest BCUT2D eigenvalue weighted by atomic mass is 79.9. The topological polar surface area (TPSA) is 108 Å². The standard InChI is InChI=1S/C15H11BrN6O3S/c1-21-13-11(12(16)20-21)14(24)22(7-17-13)5-10(23)19-15-18-8(6-26-15)9-3-2-4-25-9/h2-4,6-7H,5H2,1H3,(H,18,19,23). The fourth-order valence-electron chi connectivity index (χ4n) is 2.43. The lowest BCUT2D eigenvalue weighted by molar-refractivity contribution is -0.116. The zero-order valence-electron chi connectivity index (χ0n) is 13.3.